The van der Waals surface area contributed by atoms with Crippen LogP contribution in [0.5, 0.6) is 17.2 Å². The lowest BCUT2D eigenvalue weighted by molar-refractivity contribution is 0.0458. The number of benzene rings is 1. The predicted octanol–water partition coefficient (Wildman–Crippen LogP) is 2.73. The standard InChI is InChI=1S/C12H17BrO5/c1-8-11(18-7-15-3)9(13)5-10(12(8)16-4)17-6-14-2/h5H,6-7H2,1-4H3. The average molecular weight is 321 g/mol. The maximum absolute atomic E-state index is 5.48. The van der Waals surface area contributed by atoms with E-state index in [1.807, 2.05) is 6.92 Å². The van der Waals surface area contributed by atoms with Gasteiger partial charge in [0.05, 0.1) is 11.6 Å². The number of rotatable bonds is 7. The summed E-state index contributed by atoms with van der Waals surface area (Å²) in [5, 5.41) is 0. The lowest BCUT2D eigenvalue weighted by Gasteiger charge is -2.17. The predicted molar refractivity (Wildman–Crippen MR) is 70.4 cm³/mol. The highest BCUT2D eigenvalue weighted by molar-refractivity contribution is 9.10. The van der Waals surface area contributed by atoms with Crippen molar-refractivity contribution in [2.24, 2.45) is 0 Å². The van der Waals surface area contributed by atoms with Gasteiger partial charge in [-0.1, -0.05) is 0 Å². The van der Waals surface area contributed by atoms with Crippen LogP contribution in [0.15, 0.2) is 10.5 Å². The first-order chi connectivity index (χ1) is 8.65. The molecule has 0 N–H and O–H groups in total. The maximum atomic E-state index is 5.48. The van der Waals surface area contributed by atoms with E-state index in [1.165, 1.54) is 0 Å². The lowest BCUT2D eigenvalue weighted by atomic mass is 10.2. The molecule has 0 unspecified atom stereocenters. The zero-order valence-electron chi connectivity index (χ0n) is 10.9. The smallest absolute Gasteiger partial charge is 0.188 e. The van der Waals surface area contributed by atoms with Crippen LogP contribution in [0.3, 0.4) is 0 Å². The number of halogens is 1. The molecule has 0 bridgehead atoms. The molecule has 0 aliphatic rings. The fourth-order valence-corrected chi connectivity index (χ4v) is 2.11. The van der Waals surface area contributed by atoms with E-state index in [-0.39, 0.29) is 13.6 Å². The van der Waals surface area contributed by atoms with Gasteiger partial charge in [-0.2, -0.15) is 0 Å². The molecular formula is C12H17BrO5. The van der Waals surface area contributed by atoms with E-state index < -0.39 is 0 Å². The Kier molecular flexibility index (Phi) is 6.24. The Bertz CT molecular complexity index is 395. The minimum atomic E-state index is 0.153. The first-order valence-electron chi connectivity index (χ1n) is 5.26. The van der Waals surface area contributed by atoms with E-state index in [0.29, 0.717) is 17.2 Å². The molecule has 0 amide bonds. The van der Waals surface area contributed by atoms with Crippen molar-refractivity contribution in [3.8, 4) is 17.2 Å². The van der Waals surface area contributed by atoms with Gasteiger partial charge in [-0.3, -0.25) is 0 Å². The van der Waals surface area contributed by atoms with Crippen molar-refractivity contribution in [1.82, 2.24) is 0 Å². The fraction of sp³-hybridized carbons (Fsp3) is 0.500. The topological polar surface area (TPSA) is 46.2 Å². The third-order valence-corrected chi connectivity index (χ3v) is 2.83. The summed E-state index contributed by atoms with van der Waals surface area (Å²) in [6.07, 6.45) is 0. The number of hydrogen-bond acceptors (Lipinski definition) is 5. The number of methoxy groups -OCH3 is 3. The molecule has 6 heteroatoms. The monoisotopic (exact) mass is 320 g/mol. The molecule has 0 spiro atoms. The minimum absolute atomic E-state index is 0.153. The Morgan fingerprint density at radius 1 is 1.00 bits per heavy atom. The van der Waals surface area contributed by atoms with Gasteiger partial charge in [0, 0.05) is 25.8 Å². The molecule has 0 aliphatic heterocycles. The van der Waals surface area contributed by atoms with Crippen LogP contribution in [0.25, 0.3) is 0 Å². The second-order valence-corrected chi connectivity index (χ2v) is 4.30. The normalized spacial score (nSPS) is 10.3. The summed E-state index contributed by atoms with van der Waals surface area (Å²) in [5.74, 6) is 1.87. The minimum Gasteiger partial charge on any atom is -0.492 e. The van der Waals surface area contributed by atoms with Crippen molar-refractivity contribution >= 4 is 15.9 Å². The van der Waals surface area contributed by atoms with Crippen molar-refractivity contribution in [3.63, 3.8) is 0 Å². The van der Waals surface area contributed by atoms with Crippen molar-refractivity contribution < 1.29 is 23.7 Å². The van der Waals surface area contributed by atoms with E-state index >= 15 is 0 Å². The summed E-state index contributed by atoms with van der Waals surface area (Å²) in [5.41, 5.74) is 0.829. The molecule has 18 heavy (non-hydrogen) atoms. The molecule has 1 aromatic rings. The van der Waals surface area contributed by atoms with Gasteiger partial charge in [0.1, 0.15) is 5.75 Å². The lowest BCUT2D eigenvalue weighted by Crippen LogP contribution is -2.05. The average Bonchev–Trinajstić information content (AvgIpc) is 2.36. The molecule has 0 fully saturated rings. The van der Waals surface area contributed by atoms with Crippen molar-refractivity contribution in [1.29, 1.82) is 0 Å². The first-order valence-corrected chi connectivity index (χ1v) is 6.05. The van der Waals surface area contributed by atoms with E-state index in [1.54, 1.807) is 27.4 Å². The van der Waals surface area contributed by atoms with Crippen LogP contribution in [0, 0.1) is 6.92 Å². The van der Waals surface area contributed by atoms with Crippen LogP contribution < -0.4 is 14.2 Å². The van der Waals surface area contributed by atoms with E-state index in [2.05, 4.69) is 15.9 Å². The van der Waals surface area contributed by atoms with Gasteiger partial charge >= 0.3 is 0 Å². The Morgan fingerprint density at radius 2 is 1.61 bits per heavy atom. The Morgan fingerprint density at radius 3 is 2.17 bits per heavy atom. The third kappa shape index (κ3) is 3.51. The van der Waals surface area contributed by atoms with Crippen molar-refractivity contribution in [3.05, 3.63) is 16.1 Å². The molecule has 0 saturated carbocycles. The summed E-state index contributed by atoms with van der Waals surface area (Å²) >= 11 is 3.43. The highest BCUT2D eigenvalue weighted by Gasteiger charge is 2.17. The summed E-state index contributed by atoms with van der Waals surface area (Å²) in [7, 11) is 4.71. The van der Waals surface area contributed by atoms with Gasteiger partial charge in [-0.25, -0.2) is 0 Å². The van der Waals surface area contributed by atoms with Crippen LogP contribution in [-0.4, -0.2) is 34.9 Å². The molecule has 0 aromatic heterocycles. The molecule has 0 aliphatic carbocycles. The van der Waals surface area contributed by atoms with Crippen molar-refractivity contribution in [2.45, 2.75) is 6.92 Å². The van der Waals surface area contributed by atoms with E-state index in [4.69, 9.17) is 23.7 Å². The summed E-state index contributed by atoms with van der Waals surface area (Å²) in [4.78, 5) is 0. The molecule has 0 atom stereocenters. The zero-order chi connectivity index (χ0) is 13.5. The molecular weight excluding hydrogens is 304 g/mol. The summed E-state index contributed by atoms with van der Waals surface area (Å²) in [6, 6.07) is 1.77. The van der Waals surface area contributed by atoms with E-state index in [0.717, 1.165) is 10.0 Å². The maximum Gasteiger partial charge on any atom is 0.188 e. The zero-order valence-corrected chi connectivity index (χ0v) is 12.5. The van der Waals surface area contributed by atoms with Crippen LogP contribution in [0.4, 0.5) is 0 Å². The van der Waals surface area contributed by atoms with Gasteiger partial charge in [-0.05, 0) is 22.9 Å². The fourth-order valence-electron chi connectivity index (χ4n) is 1.49. The third-order valence-electron chi connectivity index (χ3n) is 2.24. The number of ether oxygens (including phenoxy) is 5. The van der Waals surface area contributed by atoms with Gasteiger partial charge in [0.25, 0.3) is 0 Å². The number of hydrogen-bond donors (Lipinski definition) is 0. The van der Waals surface area contributed by atoms with Crippen LogP contribution >= 0.6 is 15.9 Å². The van der Waals surface area contributed by atoms with Crippen LogP contribution in [0.2, 0.25) is 0 Å². The second kappa shape index (κ2) is 7.45. The van der Waals surface area contributed by atoms with Gasteiger partial charge in [0.15, 0.2) is 25.1 Å². The molecule has 5 nitrogen and oxygen atoms in total. The second-order valence-electron chi connectivity index (χ2n) is 3.45. The van der Waals surface area contributed by atoms with Crippen LogP contribution in [0.1, 0.15) is 5.56 Å². The summed E-state index contributed by atoms with van der Waals surface area (Å²) in [6.45, 7) is 2.20. The highest BCUT2D eigenvalue weighted by atomic mass is 79.9. The first kappa shape index (κ1) is 15.1. The Labute approximate surface area is 115 Å². The van der Waals surface area contributed by atoms with Crippen molar-refractivity contribution in [2.75, 3.05) is 34.9 Å². The van der Waals surface area contributed by atoms with Crippen LogP contribution in [-0.2, 0) is 9.47 Å². The van der Waals surface area contributed by atoms with Gasteiger partial charge < -0.3 is 23.7 Å². The highest BCUT2D eigenvalue weighted by Crippen LogP contribution is 2.42. The Balaban J connectivity index is 3.09. The SMILES string of the molecule is COCOc1cc(Br)c(OCOC)c(C)c1OC. The van der Waals surface area contributed by atoms with Gasteiger partial charge in [-0.15, -0.1) is 0 Å². The Hall–Kier alpha value is -0.980. The molecule has 1 rings (SSSR count). The quantitative estimate of drug-likeness (QED) is 0.723. The molecule has 0 heterocycles. The van der Waals surface area contributed by atoms with E-state index in [9.17, 15) is 0 Å². The molecule has 0 saturated heterocycles. The summed E-state index contributed by atoms with van der Waals surface area (Å²) < 4.78 is 26.8. The largest absolute Gasteiger partial charge is 0.492 e. The van der Waals surface area contributed by atoms with Gasteiger partial charge in [0.2, 0.25) is 0 Å². The molecule has 102 valence electrons. The molecule has 1 aromatic carbocycles. The molecule has 0 radical (unpaired) electrons.